The van der Waals surface area contributed by atoms with Crippen molar-refractivity contribution in [2.45, 2.75) is 84.6 Å². The Morgan fingerprint density at radius 2 is 2.00 bits per heavy atom. The molecule has 0 saturated heterocycles. The van der Waals surface area contributed by atoms with Crippen LogP contribution in [0.5, 0.6) is 0 Å². The van der Waals surface area contributed by atoms with E-state index in [0.29, 0.717) is 36.2 Å². The third-order valence-electron chi connectivity index (χ3n) is 10.2. The zero-order valence-electron chi connectivity index (χ0n) is 21.6. The van der Waals surface area contributed by atoms with Crippen LogP contribution in [0.2, 0.25) is 0 Å². The number of hydrogen-bond donors (Lipinski definition) is 0. The van der Waals surface area contributed by atoms with E-state index in [4.69, 9.17) is 4.84 Å². The van der Waals surface area contributed by atoms with Crippen LogP contribution in [0, 0.1) is 34.5 Å². The molecule has 5 rings (SSSR count). The molecule has 0 N–H and O–H groups in total. The average Bonchev–Trinajstić information content (AvgIpc) is 3.39. The van der Waals surface area contributed by atoms with E-state index < -0.39 is 0 Å². The second-order valence-electron chi connectivity index (χ2n) is 12.3. The van der Waals surface area contributed by atoms with Crippen LogP contribution in [0.25, 0.3) is 0 Å². The minimum atomic E-state index is -0.0172. The molecule has 0 aromatic carbocycles. The monoisotopic (exact) mass is 469 g/mol. The first kappa shape index (κ1) is 24.0. The number of aromatic nitrogens is 3. The maximum atomic E-state index is 12.6. The van der Waals surface area contributed by atoms with Crippen LogP contribution in [0.15, 0.2) is 11.4 Å². The molecule has 4 unspecified atom stereocenters. The number of fused-ring (bicyclic) bond motifs is 5. The summed E-state index contributed by atoms with van der Waals surface area (Å²) in [6, 6.07) is 0. The summed E-state index contributed by atoms with van der Waals surface area (Å²) in [5, 5.41) is 13.0. The molecule has 188 valence electrons. The molecule has 0 amide bonds. The number of rotatable bonds is 7. The van der Waals surface area contributed by atoms with Gasteiger partial charge in [-0.25, -0.2) is 4.68 Å². The highest BCUT2D eigenvalue weighted by Crippen LogP contribution is 2.65. The maximum Gasteiger partial charge on any atom is 0.139 e. The molecular weight excluding hydrogens is 426 g/mol. The van der Waals surface area contributed by atoms with E-state index in [1.807, 2.05) is 10.9 Å². The highest BCUT2D eigenvalue weighted by molar-refractivity contribution is 5.87. The van der Waals surface area contributed by atoms with Crippen molar-refractivity contribution in [2.75, 3.05) is 27.2 Å². The molecule has 4 aliphatic rings. The lowest BCUT2D eigenvalue weighted by Crippen LogP contribution is -2.53. The van der Waals surface area contributed by atoms with Crippen LogP contribution in [-0.4, -0.2) is 58.6 Å². The van der Waals surface area contributed by atoms with Crippen LogP contribution in [0.4, 0.5) is 0 Å². The van der Waals surface area contributed by atoms with E-state index in [-0.39, 0.29) is 5.41 Å². The van der Waals surface area contributed by atoms with Crippen LogP contribution >= 0.6 is 0 Å². The fourth-order valence-corrected chi connectivity index (χ4v) is 8.09. The van der Waals surface area contributed by atoms with Crippen molar-refractivity contribution in [3.05, 3.63) is 11.9 Å². The lowest BCUT2D eigenvalue weighted by molar-refractivity contribution is -0.137. The number of carbonyl (C=O) groups excluding carboxylic acids is 1. The van der Waals surface area contributed by atoms with Gasteiger partial charge in [-0.2, -0.15) is 0 Å². The molecule has 4 aliphatic carbocycles. The lowest BCUT2D eigenvalue weighted by Gasteiger charge is -2.59. The molecule has 0 radical (unpaired) electrons. The molecule has 1 heterocycles. The Hall–Kier alpha value is -1.76. The van der Waals surface area contributed by atoms with Gasteiger partial charge in [0.2, 0.25) is 0 Å². The summed E-state index contributed by atoms with van der Waals surface area (Å²) >= 11 is 0. The minimum absolute atomic E-state index is 0.0172. The zero-order chi connectivity index (χ0) is 23.9. The number of hydrogen-bond acceptors (Lipinski definition) is 6. The molecule has 6 atom stereocenters. The van der Waals surface area contributed by atoms with Gasteiger partial charge in [0.25, 0.3) is 0 Å². The number of oxime groups is 1. The van der Waals surface area contributed by atoms with E-state index in [1.165, 1.54) is 31.4 Å². The Morgan fingerprint density at radius 3 is 2.82 bits per heavy atom. The maximum absolute atomic E-state index is 12.6. The second-order valence-corrected chi connectivity index (χ2v) is 12.3. The topological polar surface area (TPSA) is 72.6 Å². The molecule has 7 nitrogen and oxygen atoms in total. The molecule has 0 bridgehead atoms. The predicted octanol–water partition coefficient (Wildman–Crippen LogP) is 4.37. The molecule has 1 aromatic heterocycles. The van der Waals surface area contributed by atoms with Crippen molar-refractivity contribution < 1.29 is 9.63 Å². The summed E-state index contributed by atoms with van der Waals surface area (Å²) in [5.41, 5.74) is 2.64. The Labute approximate surface area is 204 Å². The SMILES string of the molecule is CN(C)CCc1cn(CCON=C2CC[C@@]3(C)C(CCC4C3CC[C@]3(C)C(=O)CCC43)C2)nn1. The van der Waals surface area contributed by atoms with Crippen LogP contribution in [0.3, 0.4) is 0 Å². The van der Waals surface area contributed by atoms with Gasteiger partial charge in [-0.3, -0.25) is 4.79 Å². The summed E-state index contributed by atoms with van der Waals surface area (Å²) in [6.07, 6.45) is 13.2. The summed E-state index contributed by atoms with van der Waals surface area (Å²) in [5.74, 6) is 3.43. The van der Waals surface area contributed by atoms with E-state index in [0.717, 1.165) is 62.6 Å². The Balaban J connectivity index is 1.13. The van der Waals surface area contributed by atoms with Crippen LogP contribution in [-0.2, 0) is 22.6 Å². The molecule has 4 saturated carbocycles. The van der Waals surface area contributed by atoms with Gasteiger partial charge < -0.3 is 9.74 Å². The first-order chi connectivity index (χ1) is 16.3. The number of likely N-dealkylation sites (N-methyl/N-ethyl adjacent to an activating group) is 1. The van der Waals surface area contributed by atoms with Crippen molar-refractivity contribution in [3.8, 4) is 0 Å². The standard InChI is InChI=1S/C27H43N5O2/c1-26-12-9-20(29-34-16-15-32-18-21(28-30-32)11-14-31(3)4)17-19(26)5-6-22-23-7-8-25(33)27(23,2)13-10-24(22)26/h18-19,22-24H,5-17H2,1-4H3/t19?,22?,23?,24?,26-,27-/m0/s1. The van der Waals surface area contributed by atoms with Gasteiger partial charge in [0, 0.05) is 31.0 Å². The first-order valence-electron chi connectivity index (χ1n) is 13.5. The average molecular weight is 470 g/mol. The van der Waals surface area contributed by atoms with E-state index >= 15 is 0 Å². The third-order valence-corrected chi connectivity index (χ3v) is 10.2. The van der Waals surface area contributed by atoms with Crippen LogP contribution < -0.4 is 0 Å². The summed E-state index contributed by atoms with van der Waals surface area (Å²) in [7, 11) is 4.14. The quantitative estimate of drug-likeness (QED) is 0.438. The fraction of sp³-hybridized carbons (Fsp3) is 0.852. The molecule has 7 heteroatoms. The number of nitrogens with zero attached hydrogens (tertiary/aromatic N) is 5. The Bertz CT molecular complexity index is 926. The van der Waals surface area contributed by atoms with Gasteiger partial charge in [-0.1, -0.05) is 24.2 Å². The number of Topliss-reactive ketones (excluding diaryl/α,β-unsaturated/α-hetero) is 1. The van der Waals surface area contributed by atoms with Gasteiger partial charge >= 0.3 is 0 Å². The highest BCUT2D eigenvalue weighted by Gasteiger charge is 2.60. The summed E-state index contributed by atoms with van der Waals surface area (Å²) in [4.78, 5) is 20.5. The van der Waals surface area contributed by atoms with E-state index in [2.05, 4.69) is 48.3 Å². The van der Waals surface area contributed by atoms with Gasteiger partial charge in [0.05, 0.1) is 18.0 Å². The highest BCUT2D eigenvalue weighted by atomic mass is 16.6. The van der Waals surface area contributed by atoms with Gasteiger partial charge in [-0.15, -0.1) is 5.10 Å². The first-order valence-corrected chi connectivity index (χ1v) is 13.5. The Kier molecular flexibility index (Phi) is 6.60. The zero-order valence-corrected chi connectivity index (χ0v) is 21.6. The number of ketones is 1. The molecule has 0 spiro atoms. The van der Waals surface area contributed by atoms with Crippen molar-refractivity contribution in [1.29, 1.82) is 0 Å². The van der Waals surface area contributed by atoms with Crippen molar-refractivity contribution in [3.63, 3.8) is 0 Å². The van der Waals surface area contributed by atoms with Crippen LogP contribution in [0.1, 0.15) is 77.3 Å². The van der Waals surface area contributed by atoms with Crippen molar-refractivity contribution >= 4 is 11.5 Å². The fourth-order valence-electron chi connectivity index (χ4n) is 8.09. The van der Waals surface area contributed by atoms with Gasteiger partial charge in [0.1, 0.15) is 12.4 Å². The smallest absolute Gasteiger partial charge is 0.139 e. The summed E-state index contributed by atoms with van der Waals surface area (Å²) in [6.45, 7) is 7.02. The molecule has 0 aliphatic heterocycles. The molecule has 34 heavy (non-hydrogen) atoms. The van der Waals surface area contributed by atoms with Crippen molar-refractivity contribution in [1.82, 2.24) is 19.9 Å². The summed E-state index contributed by atoms with van der Waals surface area (Å²) < 4.78 is 1.86. The van der Waals surface area contributed by atoms with Crippen molar-refractivity contribution in [2.24, 2.45) is 39.7 Å². The molecule has 1 aromatic rings. The van der Waals surface area contributed by atoms with Gasteiger partial charge in [-0.05, 0) is 94.5 Å². The second kappa shape index (κ2) is 9.36. The predicted molar refractivity (Wildman–Crippen MR) is 132 cm³/mol. The lowest BCUT2D eigenvalue weighted by atomic mass is 9.45. The van der Waals surface area contributed by atoms with Gasteiger partial charge in [0.15, 0.2) is 0 Å². The molecule has 4 fully saturated rings. The Morgan fingerprint density at radius 1 is 1.15 bits per heavy atom. The largest absolute Gasteiger partial charge is 0.394 e. The minimum Gasteiger partial charge on any atom is -0.394 e. The third kappa shape index (κ3) is 4.33. The molecular formula is C27H43N5O2. The van der Waals surface area contributed by atoms with E-state index in [1.54, 1.807) is 0 Å². The van der Waals surface area contributed by atoms with E-state index in [9.17, 15) is 4.79 Å². The number of carbonyl (C=O) groups is 1. The normalized spacial score (nSPS) is 38.6.